The second-order valence-corrected chi connectivity index (χ2v) is 7.41. The third kappa shape index (κ3) is 2.92. The van der Waals surface area contributed by atoms with E-state index in [1.165, 1.54) is 10.6 Å². The molecule has 31 heavy (non-hydrogen) atoms. The smallest absolute Gasteiger partial charge is 0.332 e. The van der Waals surface area contributed by atoms with Gasteiger partial charge in [-0.1, -0.05) is 18.2 Å². The molecule has 0 spiro atoms. The number of nitrogens with zero attached hydrogens (tertiary/aromatic N) is 5. The largest absolute Gasteiger partial charge is 0.497 e. The molecule has 2 aromatic heterocycles. The van der Waals surface area contributed by atoms with Crippen molar-refractivity contribution < 1.29 is 9.13 Å². The fourth-order valence-corrected chi connectivity index (χ4v) is 4.02. The molecule has 0 aliphatic carbocycles. The van der Waals surface area contributed by atoms with Gasteiger partial charge in [0.25, 0.3) is 5.56 Å². The van der Waals surface area contributed by atoms with Crippen LogP contribution >= 0.6 is 0 Å². The molecule has 0 amide bonds. The number of imidazole rings is 1. The molecule has 1 aliphatic rings. The Morgan fingerprint density at radius 1 is 1.06 bits per heavy atom. The predicted molar refractivity (Wildman–Crippen MR) is 115 cm³/mol. The summed E-state index contributed by atoms with van der Waals surface area (Å²) in [4.78, 5) is 32.8. The van der Waals surface area contributed by atoms with Crippen LogP contribution in [0.15, 0.2) is 58.1 Å². The van der Waals surface area contributed by atoms with E-state index in [1.807, 2.05) is 33.7 Å². The Morgan fingerprint density at radius 3 is 2.52 bits per heavy atom. The maximum Gasteiger partial charge on any atom is 0.332 e. The highest BCUT2D eigenvalue weighted by Gasteiger charge is 2.28. The summed E-state index contributed by atoms with van der Waals surface area (Å²) in [6.45, 7) is 1.04. The normalized spacial score (nSPS) is 13.1. The molecule has 0 radical (unpaired) electrons. The van der Waals surface area contributed by atoms with E-state index in [4.69, 9.17) is 4.74 Å². The van der Waals surface area contributed by atoms with Gasteiger partial charge in [-0.05, 0) is 30.3 Å². The highest BCUT2D eigenvalue weighted by Crippen LogP contribution is 2.32. The number of fused-ring (bicyclic) bond motifs is 3. The van der Waals surface area contributed by atoms with Crippen LogP contribution in [0.3, 0.4) is 0 Å². The number of halogens is 1. The second kappa shape index (κ2) is 7.12. The SMILES string of the molecule is COc1ccc(N2CCn3c2nc2c3c(=O)n(Cc3ccccc3F)c(=O)n2C)cc1. The minimum atomic E-state index is -0.534. The zero-order valence-corrected chi connectivity index (χ0v) is 17.1. The molecule has 8 nitrogen and oxygen atoms in total. The van der Waals surface area contributed by atoms with E-state index < -0.39 is 17.1 Å². The lowest BCUT2D eigenvalue weighted by atomic mass is 10.2. The summed E-state index contributed by atoms with van der Waals surface area (Å²) in [7, 11) is 3.18. The Balaban J connectivity index is 1.65. The van der Waals surface area contributed by atoms with Gasteiger partial charge < -0.3 is 14.2 Å². The van der Waals surface area contributed by atoms with Gasteiger partial charge in [0.2, 0.25) is 5.95 Å². The number of hydrogen-bond acceptors (Lipinski definition) is 5. The second-order valence-electron chi connectivity index (χ2n) is 7.41. The van der Waals surface area contributed by atoms with Crippen LogP contribution in [0.25, 0.3) is 11.2 Å². The number of aromatic nitrogens is 4. The third-order valence-electron chi connectivity index (χ3n) is 5.67. The first kappa shape index (κ1) is 19.1. The molecule has 0 fully saturated rings. The van der Waals surface area contributed by atoms with Crippen molar-refractivity contribution in [3.8, 4) is 5.75 Å². The quantitative estimate of drug-likeness (QED) is 0.505. The lowest BCUT2D eigenvalue weighted by Crippen LogP contribution is -2.40. The molecule has 2 aromatic carbocycles. The van der Waals surface area contributed by atoms with Crippen molar-refractivity contribution in [2.45, 2.75) is 13.1 Å². The van der Waals surface area contributed by atoms with E-state index in [0.717, 1.165) is 16.0 Å². The van der Waals surface area contributed by atoms with Crippen LogP contribution < -0.4 is 20.9 Å². The van der Waals surface area contributed by atoms with Crippen molar-refractivity contribution in [1.82, 2.24) is 18.7 Å². The van der Waals surface area contributed by atoms with Gasteiger partial charge in [0, 0.05) is 31.4 Å². The molecule has 1 aliphatic heterocycles. The Morgan fingerprint density at radius 2 is 1.81 bits per heavy atom. The van der Waals surface area contributed by atoms with Crippen molar-refractivity contribution in [2.75, 3.05) is 18.6 Å². The van der Waals surface area contributed by atoms with Crippen LogP contribution in [0, 0.1) is 5.82 Å². The molecule has 158 valence electrons. The highest BCUT2D eigenvalue weighted by molar-refractivity contribution is 5.77. The van der Waals surface area contributed by atoms with Crippen molar-refractivity contribution in [2.24, 2.45) is 7.05 Å². The first-order valence-corrected chi connectivity index (χ1v) is 9.84. The summed E-state index contributed by atoms with van der Waals surface area (Å²) in [5.41, 5.74) is 0.830. The Kier molecular flexibility index (Phi) is 4.39. The molecule has 9 heteroatoms. The molecule has 3 heterocycles. The fraction of sp³-hybridized carbons (Fsp3) is 0.227. The van der Waals surface area contributed by atoms with Gasteiger partial charge in [0.15, 0.2) is 11.2 Å². The Labute approximate surface area is 176 Å². The number of anilines is 2. The van der Waals surface area contributed by atoms with E-state index in [9.17, 15) is 14.0 Å². The molecule has 0 saturated heterocycles. The monoisotopic (exact) mass is 421 g/mol. The Bertz CT molecular complexity index is 1420. The maximum atomic E-state index is 14.1. The number of hydrogen-bond donors (Lipinski definition) is 0. The maximum absolute atomic E-state index is 14.1. The van der Waals surface area contributed by atoms with Crippen molar-refractivity contribution in [1.29, 1.82) is 0 Å². The number of ether oxygens (including phenoxy) is 1. The highest BCUT2D eigenvalue weighted by atomic mass is 19.1. The molecule has 0 bridgehead atoms. The minimum absolute atomic E-state index is 0.142. The van der Waals surface area contributed by atoms with Gasteiger partial charge in [-0.15, -0.1) is 0 Å². The van der Waals surface area contributed by atoms with Gasteiger partial charge >= 0.3 is 5.69 Å². The summed E-state index contributed by atoms with van der Waals surface area (Å²) >= 11 is 0. The van der Waals surface area contributed by atoms with Crippen LogP contribution in [-0.2, 0) is 20.1 Å². The first-order chi connectivity index (χ1) is 15.0. The lowest BCUT2D eigenvalue weighted by molar-refractivity contribution is 0.415. The summed E-state index contributed by atoms with van der Waals surface area (Å²) in [6, 6.07) is 13.7. The van der Waals surface area contributed by atoms with Crippen LogP contribution in [0.1, 0.15) is 5.56 Å². The summed E-state index contributed by atoms with van der Waals surface area (Å²) in [5.74, 6) is 0.881. The summed E-state index contributed by atoms with van der Waals surface area (Å²) in [6.07, 6.45) is 0. The molecular formula is C22H20FN5O3. The van der Waals surface area contributed by atoms with Gasteiger partial charge in [-0.25, -0.2) is 9.18 Å². The first-order valence-electron chi connectivity index (χ1n) is 9.84. The lowest BCUT2D eigenvalue weighted by Gasteiger charge is -2.16. The number of aryl methyl sites for hydroxylation is 1. The van der Waals surface area contributed by atoms with Crippen LogP contribution in [0.5, 0.6) is 5.75 Å². The zero-order valence-electron chi connectivity index (χ0n) is 17.1. The van der Waals surface area contributed by atoms with Gasteiger partial charge in [0.05, 0.1) is 13.7 Å². The summed E-state index contributed by atoms with van der Waals surface area (Å²) < 4.78 is 23.6. The average molecular weight is 421 g/mol. The average Bonchev–Trinajstić information content (AvgIpc) is 3.36. The van der Waals surface area contributed by atoms with Gasteiger partial charge in [-0.3, -0.25) is 13.9 Å². The molecule has 4 aromatic rings. The number of benzene rings is 2. The van der Waals surface area contributed by atoms with Crippen molar-refractivity contribution in [3.05, 3.63) is 80.7 Å². The molecule has 0 N–H and O–H groups in total. The Hall–Kier alpha value is -3.88. The minimum Gasteiger partial charge on any atom is -0.497 e. The van der Waals surface area contributed by atoms with Crippen LogP contribution in [0.2, 0.25) is 0 Å². The van der Waals surface area contributed by atoms with E-state index in [2.05, 4.69) is 4.98 Å². The van der Waals surface area contributed by atoms with E-state index in [1.54, 1.807) is 32.4 Å². The topological polar surface area (TPSA) is 74.3 Å². The fourth-order valence-electron chi connectivity index (χ4n) is 4.02. The van der Waals surface area contributed by atoms with Crippen molar-refractivity contribution in [3.63, 3.8) is 0 Å². The molecular weight excluding hydrogens is 401 g/mol. The van der Waals surface area contributed by atoms with Crippen molar-refractivity contribution >= 4 is 22.8 Å². The van der Waals surface area contributed by atoms with E-state index >= 15 is 0 Å². The zero-order chi connectivity index (χ0) is 21.7. The predicted octanol–water partition coefficient (Wildman–Crippen LogP) is 2.24. The molecule has 0 saturated carbocycles. The number of methoxy groups -OCH3 is 1. The van der Waals surface area contributed by atoms with Gasteiger partial charge in [-0.2, -0.15) is 4.98 Å². The van der Waals surface area contributed by atoms with Gasteiger partial charge in [0.1, 0.15) is 11.6 Å². The number of rotatable bonds is 4. The molecule has 0 atom stereocenters. The molecule has 0 unspecified atom stereocenters. The standard InChI is InChI=1S/C22H20FN5O3/c1-25-19-18(20(29)28(22(25)30)13-14-5-3-4-6-17(14)23)27-12-11-26(21(27)24-19)15-7-9-16(31-2)10-8-15/h3-10H,11-13H2,1-2H3. The summed E-state index contributed by atoms with van der Waals surface area (Å²) in [5, 5.41) is 0. The van der Waals surface area contributed by atoms with E-state index in [-0.39, 0.29) is 12.1 Å². The van der Waals surface area contributed by atoms with E-state index in [0.29, 0.717) is 30.2 Å². The van der Waals surface area contributed by atoms with Crippen LogP contribution in [0.4, 0.5) is 16.0 Å². The third-order valence-corrected chi connectivity index (χ3v) is 5.67. The molecule has 5 rings (SSSR count). The van der Waals surface area contributed by atoms with Crippen LogP contribution in [-0.4, -0.2) is 32.3 Å².